The predicted octanol–water partition coefficient (Wildman–Crippen LogP) is 4.26. The fourth-order valence-corrected chi connectivity index (χ4v) is 5.36. The molecule has 0 saturated heterocycles. The van der Waals surface area contributed by atoms with Gasteiger partial charge < -0.3 is 14.9 Å². The molecule has 0 radical (unpaired) electrons. The van der Waals surface area contributed by atoms with E-state index < -0.39 is 5.92 Å². The SMILES string of the molecule is CC(=O)N1CC2=C(C1=O)[C@H](c1cc3ccccc3[nH]c1=O)c1cn(C(C)C)c3cccc(c13)N2. The summed E-state index contributed by atoms with van der Waals surface area (Å²) in [5, 5.41) is 5.33. The molecule has 7 heteroatoms. The number of anilines is 1. The lowest BCUT2D eigenvalue weighted by atomic mass is 9.84. The number of hydrogen-bond donors (Lipinski definition) is 2. The third kappa shape index (κ3) is 2.79. The highest BCUT2D eigenvalue weighted by Crippen LogP contribution is 2.46. The number of nitrogens with one attached hydrogen (secondary N) is 2. The molecule has 2 amide bonds. The van der Waals surface area contributed by atoms with Crippen molar-refractivity contribution in [2.75, 3.05) is 11.9 Å². The van der Waals surface area contributed by atoms with Crippen LogP contribution in [0.5, 0.6) is 0 Å². The molecule has 2 aromatic carbocycles. The van der Waals surface area contributed by atoms with E-state index >= 15 is 0 Å². The Bertz CT molecular complexity index is 1620. The molecule has 4 heterocycles. The molecule has 0 unspecified atom stereocenters. The molecule has 0 aliphatic carbocycles. The maximum Gasteiger partial charge on any atom is 0.259 e. The number of H-pyrrole nitrogens is 1. The monoisotopic (exact) mass is 452 g/mol. The van der Waals surface area contributed by atoms with E-state index in [1.54, 1.807) is 0 Å². The van der Waals surface area contributed by atoms with Crippen molar-refractivity contribution in [1.29, 1.82) is 0 Å². The number of pyridine rings is 1. The van der Waals surface area contributed by atoms with Gasteiger partial charge >= 0.3 is 0 Å². The summed E-state index contributed by atoms with van der Waals surface area (Å²) in [4.78, 5) is 43.5. The molecule has 2 aliphatic heterocycles. The Morgan fingerprint density at radius 2 is 1.85 bits per heavy atom. The van der Waals surface area contributed by atoms with E-state index in [1.165, 1.54) is 11.8 Å². The van der Waals surface area contributed by atoms with Gasteiger partial charge in [-0.1, -0.05) is 24.3 Å². The molecular weight excluding hydrogens is 428 g/mol. The third-order valence-electron chi connectivity index (χ3n) is 6.92. The molecule has 2 aliphatic rings. The van der Waals surface area contributed by atoms with E-state index in [0.29, 0.717) is 16.8 Å². The van der Waals surface area contributed by atoms with Crippen molar-refractivity contribution >= 4 is 39.3 Å². The Hall–Kier alpha value is -4.13. The minimum absolute atomic E-state index is 0.163. The number of hydrogen-bond acceptors (Lipinski definition) is 4. The van der Waals surface area contributed by atoms with Crippen LogP contribution in [-0.4, -0.2) is 32.8 Å². The van der Waals surface area contributed by atoms with Crippen LogP contribution >= 0.6 is 0 Å². The van der Waals surface area contributed by atoms with Gasteiger partial charge in [0, 0.05) is 52.9 Å². The zero-order valence-corrected chi connectivity index (χ0v) is 19.2. The minimum Gasteiger partial charge on any atom is -0.356 e. The molecule has 0 bridgehead atoms. The van der Waals surface area contributed by atoms with Gasteiger partial charge in [-0.2, -0.15) is 0 Å². The van der Waals surface area contributed by atoms with Crippen molar-refractivity contribution in [2.45, 2.75) is 32.7 Å². The molecule has 2 N–H and O–H groups in total. The fraction of sp³-hybridized carbons (Fsp3) is 0.222. The quantitative estimate of drug-likeness (QED) is 0.476. The van der Waals surface area contributed by atoms with Gasteiger partial charge in [0.15, 0.2) is 0 Å². The highest BCUT2D eigenvalue weighted by molar-refractivity contribution is 6.11. The van der Waals surface area contributed by atoms with Gasteiger partial charge in [-0.3, -0.25) is 19.3 Å². The molecule has 2 aromatic heterocycles. The van der Waals surface area contributed by atoms with E-state index in [2.05, 4.69) is 41.0 Å². The molecule has 1 atom stereocenters. The first-order valence-electron chi connectivity index (χ1n) is 11.4. The van der Waals surface area contributed by atoms with Crippen LogP contribution in [0.3, 0.4) is 0 Å². The maximum absolute atomic E-state index is 13.6. The van der Waals surface area contributed by atoms with Crippen LogP contribution in [0.1, 0.15) is 43.9 Å². The van der Waals surface area contributed by atoms with Gasteiger partial charge in [0.05, 0.1) is 17.6 Å². The lowest BCUT2D eigenvalue weighted by Gasteiger charge is -2.19. The Balaban J connectivity index is 1.71. The zero-order chi connectivity index (χ0) is 23.7. The van der Waals surface area contributed by atoms with Crippen LogP contribution in [0.2, 0.25) is 0 Å². The van der Waals surface area contributed by atoms with Gasteiger partial charge in [-0.25, -0.2) is 0 Å². The van der Waals surface area contributed by atoms with Crippen LogP contribution in [0.25, 0.3) is 21.8 Å². The van der Waals surface area contributed by atoms with Gasteiger partial charge in [0.2, 0.25) is 5.91 Å². The van der Waals surface area contributed by atoms with Crippen LogP contribution in [0.4, 0.5) is 5.69 Å². The number of aromatic amines is 1. The Morgan fingerprint density at radius 3 is 2.62 bits per heavy atom. The molecule has 0 fully saturated rings. The number of benzene rings is 2. The van der Waals surface area contributed by atoms with Crippen molar-refractivity contribution in [1.82, 2.24) is 14.5 Å². The molecule has 6 rings (SSSR count). The summed E-state index contributed by atoms with van der Waals surface area (Å²) in [5.74, 6) is -1.28. The summed E-state index contributed by atoms with van der Waals surface area (Å²) < 4.78 is 2.17. The number of amides is 2. The number of rotatable bonds is 2. The number of para-hydroxylation sites is 1. The van der Waals surface area contributed by atoms with Crippen LogP contribution in [-0.2, 0) is 9.59 Å². The summed E-state index contributed by atoms with van der Waals surface area (Å²) in [5.41, 5.74) is 4.90. The highest BCUT2D eigenvalue weighted by atomic mass is 16.2. The average Bonchev–Trinajstić information content (AvgIpc) is 3.30. The van der Waals surface area contributed by atoms with Gasteiger partial charge in [-0.05, 0) is 49.1 Å². The first kappa shape index (κ1) is 20.5. The standard InChI is InChI=1S/C27H24N4O3/c1-14(2)30-12-18-23(17-11-16-7-4-5-8-19(16)29-26(17)33)25-21(13-31(15(3)32)27(25)34)28-20-9-6-10-22(30)24(18)20/h4-12,14,23,28H,13H2,1-3H3,(H,29,33)/t23-/m1/s1. The average molecular weight is 453 g/mol. The summed E-state index contributed by atoms with van der Waals surface area (Å²) in [6.07, 6.45) is 2.06. The lowest BCUT2D eigenvalue weighted by Crippen LogP contribution is -2.33. The van der Waals surface area contributed by atoms with E-state index in [-0.39, 0.29) is 30.0 Å². The van der Waals surface area contributed by atoms with E-state index in [1.807, 2.05) is 42.5 Å². The van der Waals surface area contributed by atoms with Crippen molar-refractivity contribution in [3.8, 4) is 0 Å². The number of nitrogens with zero attached hydrogens (tertiary/aromatic N) is 2. The van der Waals surface area contributed by atoms with Gasteiger partial charge in [0.1, 0.15) is 0 Å². The second-order valence-electron chi connectivity index (χ2n) is 9.29. The molecule has 0 saturated carbocycles. The molecule has 0 spiro atoms. The van der Waals surface area contributed by atoms with E-state index in [0.717, 1.165) is 33.1 Å². The van der Waals surface area contributed by atoms with Crippen LogP contribution < -0.4 is 10.9 Å². The number of carbonyl (C=O) groups is 2. The largest absolute Gasteiger partial charge is 0.356 e. The van der Waals surface area contributed by atoms with Gasteiger partial charge in [0.25, 0.3) is 11.5 Å². The maximum atomic E-state index is 13.6. The number of aromatic nitrogens is 2. The molecular formula is C27H24N4O3. The van der Waals surface area contributed by atoms with Crippen molar-refractivity contribution < 1.29 is 9.59 Å². The summed E-state index contributed by atoms with van der Waals surface area (Å²) >= 11 is 0. The Labute approximate surface area is 195 Å². The van der Waals surface area contributed by atoms with E-state index in [4.69, 9.17) is 0 Å². The van der Waals surface area contributed by atoms with Crippen molar-refractivity contribution in [3.63, 3.8) is 0 Å². The fourth-order valence-electron chi connectivity index (χ4n) is 5.36. The smallest absolute Gasteiger partial charge is 0.259 e. The van der Waals surface area contributed by atoms with E-state index in [9.17, 15) is 14.4 Å². The Morgan fingerprint density at radius 1 is 1.06 bits per heavy atom. The molecule has 34 heavy (non-hydrogen) atoms. The normalized spacial score (nSPS) is 17.5. The van der Waals surface area contributed by atoms with Crippen LogP contribution in [0, 0.1) is 0 Å². The number of imide groups is 1. The van der Waals surface area contributed by atoms with Gasteiger partial charge in [-0.15, -0.1) is 0 Å². The first-order chi connectivity index (χ1) is 16.3. The topological polar surface area (TPSA) is 87.2 Å². The number of carbonyl (C=O) groups excluding carboxylic acids is 2. The first-order valence-corrected chi connectivity index (χ1v) is 11.4. The highest BCUT2D eigenvalue weighted by Gasteiger charge is 2.42. The molecule has 170 valence electrons. The van der Waals surface area contributed by atoms with Crippen molar-refractivity contribution in [3.05, 3.63) is 87.5 Å². The Kier molecular flexibility index (Phi) is 4.33. The van der Waals surface area contributed by atoms with Crippen LogP contribution in [0.15, 0.2) is 70.8 Å². The molecule has 4 aromatic rings. The second kappa shape index (κ2) is 7.18. The minimum atomic E-state index is -0.612. The van der Waals surface area contributed by atoms with Crippen molar-refractivity contribution in [2.24, 2.45) is 0 Å². The number of fused-ring (bicyclic) bond motifs is 1. The predicted molar refractivity (Wildman–Crippen MR) is 132 cm³/mol. The lowest BCUT2D eigenvalue weighted by molar-refractivity contribution is -0.139. The summed E-state index contributed by atoms with van der Waals surface area (Å²) in [6.45, 7) is 5.77. The third-order valence-corrected chi connectivity index (χ3v) is 6.92. The summed E-state index contributed by atoms with van der Waals surface area (Å²) in [7, 11) is 0. The summed E-state index contributed by atoms with van der Waals surface area (Å²) in [6, 6.07) is 15.7. The second-order valence-corrected chi connectivity index (χ2v) is 9.29. The zero-order valence-electron chi connectivity index (χ0n) is 19.2. The molecule has 7 nitrogen and oxygen atoms in total.